The van der Waals surface area contributed by atoms with Gasteiger partial charge in [0.15, 0.2) is 0 Å². The Labute approximate surface area is 163 Å². The van der Waals surface area contributed by atoms with E-state index in [1.54, 1.807) is 36.4 Å². The molecule has 0 aliphatic rings. The first-order chi connectivity index (χ1) is 13.5. The maximum atomic E-state index is 13.1. The van der Waals surface area contributed by atoms with E-state index in [1.165, 1.54) is 24.3 Å². The molecule has 142 valence electrons. The van der Waals surface area contributed by atoms with Crippen LogP contribution in [0.4, 0.5) is 10.1 Å². The average molecular weight is 377 g/mol. The molecule has 0 aliphatic carbocycles. The third kappa shape index (κ3) is 4.43. The van der Waals surface area contributed by atoms with Gasteiger partial charge in [-0.05, 0) is 55.3 Å². The van der Waals surface area contributed by atoms with Gasteiger partial charge >= 0.3 is 5.97 Å². The molecule has 0 heterocycles. The molecule has 3 rings (SSSR count). The molecule has 5 heteroatoms. The summed E-state index contributed by atoms with van der Waals surface area (Å²) in [5.74, 6) is -1.50. The maximum Gasteiger partial charge on any atom is 0.339 e. The Morgan fingerprint density at radius 1 is 0.893 bits per heavy atom. The minimum Gasteiger partial charge on any atom is -0.444 e. The number of carbonyl (C=O) groups is 2. The Morgan fingerprint density at radius 2 is 1.57 bits per heavy atom. The van der Waals surface area contributed by atoms with Crippen LogP contribution in [0.15, 0.2) is 72.8 Å². The van der Waals surface area contributed by atoms with Crippen molar-refractivity contribution in [1.82, 2.24) is 0 Å². The first-order valence-electron chi connectivity index (χ1n) is 8.84. The molecule has 0 saturated carbocycles. The Kier molecular flexibility index (Phi) is 5.84. The van der Waals surface area contributed by atoms with Crippen LogP contribution in [0.5, 0.6) is 0 Å². The molecule has 0 unspecified atom stereocenters. The summed E-state index contributed by atoms with van der Waals surface area (Å²) in [6.45, 7) is 3.74. The van der Waals surface area contributed by atoms with E-state index in [-0.39, 0.29) is 0 Å². The van der Waals surface area contributed by atoms with Gasteiger partial charge in [0.05, 0.1) is 5.56 Å². The number of hydrogen-bond donors (Lipinski definition) is 1. The summed E-state index contributed by atoms with van der Waals surface area (Å²) in [6, 6.07) is 19.5. The van der Waals surface area contributed by atoms with Crippen LogP contribution < -0.4 is 5.32 Å². The van der Waals surface area contributed by atoms with Crippen LogP contribution >= 0.6 is 0 Å². The zero-order valence-corrected chi connectivity index (χ0v) is 15.6. The zero-order valence-electron chi connectivity index (χ0n) is 15.6. The van der Waals surface area contributed by atoms with Gasteiger partial charge in [-0.2, -0.15) is 0 Å². The molecule has 0 aliphatic heterocycles. The lowest BCUT2D eigenvalue weighted by Gasteiger charge is -2.19. The molecule has 1 atom stereocenters. The van der Waals surface area contributed by atoms with E-state index in [0.717, 1.165) is 11.1 Å². The van der Waals surface area contributed by atoms with Gasteiger partial charge in [0.25, 0.3) is 5.91 Å². The van der Waals surface area contributed by atoms with E-state index in [0.29, 0.717) is 16.8 Å². The lowest BCUT2D eigenvalue weighted by atomic mass is 10.0. The number of aryl methyl sites for hydroxylation is 1. The van der Waals surface area contributed by atoms with E-state index >= 15 is 0 Å². The Bertz CT molecular complexity index is 984. The van der Waals surface area contributed by atoms with Crippen molar-refractivity contribution in [2.45, 2.75) is 20.0 Å². The van der Waals surface area contributed by atoms with Crippen molar-refractivity contribution in [3.05, 3.63) is 101 Å². The summed E-state index contributed by atoms with van der Waals surface area (Å²) >= 11 is 0. The van der Waals surface area contributed by atoms with E-state index in [1.807, 2.05) is 26.0 Å². The van der Waals surface area contributed by atoms with Crippen molar-refractivity contribution in [1.29, 1.82) is 0 Å². The van der Waals surface area contributed by atoms with Crippen LogP contribution in [0, 0.1) is 19.7 Å². The minimum absolute atomic E-state index is 0.404. The lowest BCUT2D eigenvalue weighted by molar-refractivity contribution is -0.125. The van der Waals surface area contributed by atoms with Gasteiger partial charge in [-0.1, -0.05) is 42.5 Å². The Hall–Kier alpha value is -3.47. The molecule has 0 fully saturated rings. The van der Waals surface area contributed by atoms with Gasteiger partial charge in [-0.25, -0.2) is 9.18 Å². The van der Waals surface area contributed by atoms with Crippen molar-refractivity contribution < 1.29 is 18.7 Å². The van der Waals surface area contributed by atoms with Crippen molar-refractivity contribution in [3.63, 3.8) is 0 Å². The molecule has 1 N–H and O–H groups in total. The van der Waals surface area contributed by atoms with Crippen LogP contribution in [-0.4, -0.2) is 11.9 Å². The van der Waals surface area contributed by atoms with Crippen LogP contribution in [0.2, 0.25) is 0 Å². The second kappa shape index (κ2) is 8.48. The first kappa shape index (κ1) is 19.3. The molecule has 3 aromatic rings. The van der Waals surface area contributed by atoms with Gasteiger partial charge in [0.2, 0.25) is 6.10 Å². The van der Waals surface area contributed by atoms with Gasteiger partial charge in [-0.3, -0.25) is 4.79 Å². The first-order valence-corrected chi connectivity index (χ1v) is 8.84. The molecule has 3 aromatic carbocycles. The highest BCUT2D eigenvalue weighted by Crippen LogP contribution is 2.23. The van der Waals surface area contributed by atoms with Crippen LogP contribution in [0.25, 0.3) is 0 Å². The summed E-state index contributed by atoms with van der Waals surface area (Å²) in [5.41, 5.74) is 3.13. The Morgan fingerprint density at radius 3 is 2.25 bits per heavy atom. The molecular formula is C23H20FNO3. The normalized spacial score (nSPS) is 11.5. The lowest BCUT2D eigenvalue weighted by Crippen LogP contribution is -2.26. The van der Waals surface area contributed by atoms with Crippen molar-refractivity contribution in [3.8, 4) is 0 Å². The second-order valence-corrected chi connectivity index (χ2v) is 6.44. The highest BCUT2D eigenvalue weighted by Gasteiger charge is 2.26. The average Bonchev–Trinajstić information content (AvgIpc) is 2.70. The summed E-state index contributed by atoms with van der Waals surface area (Å²) in [5, 5.41) is 2.67. The molecule has 0 aromatic heterocycles. The minimum atomic E-state index is -1.14. The van der Waals surface area contributed by atoms with Gasteiger partial charge < -0.3 is 10.1 Å². The fourth-order valence-corrected chi connectivity index (χ4v) is 2.78. The number of halogens is 1. The molecule has 28 heavy (non-hydrogen) atoms. The predicted molar refractivity (Wildman–Crippen MR) is 106 cm³/mol. The number of esters is 1. The molecule has 0 spiro atoms. The van der Waals surface area contributed by atoms with E-state index < -0.39 is 23.8 Å². The standard InChI is InChI=1S/C23H20FNO3/c1-15-7-6-10-20(16(15)2)23(27)28-21(17-8-4-3-5-9-17)22(26)25-19-13-11-18(24)12-14-19/h3-14,21H,1-2H3,(H,25,26)/t21-/m0/s1. The summed E-state index contributed by atoms with van der Waals surface area (Å²) < 4.78 is 18.7. The third-order valence-electron chi connectivity index (χ3n) is 4.50. The molecule has 0 saturated heterocycles. The molecule has 0 radical (unpaired) electrons. The second-order valence-electron chi connectivity index (χ2n) is 6.44. The summed E-state index contributed by atoms with van der Waals surface area (Å²) in [4.78, 5) is 25.6. The largest absolute Gasteiger partial charge is 0.444 e. The SMILES string of the molecule is Cc1cccc(C(=O)O[C@H](C(=O)Nc2ccc(F)cc2)c2ccccc2)c1C. The zero-order chi connectivity index (χ0) is 20.1. The van der Waals surface area contributed by atoms with Crippen LogP contribution in [0.3, 0.4) is 0 Å². The highest BCUT2D eigenvalue weighted by molar-refractivity contribution is 5.98. The molecular weight excluding hydrogens is 357 g/mol. The topological polar surface area (TPSA) is 55.4 Å². The number of anilines is 1. The molecule has 4 nitrogen and oxygen atoms in total. The number of amides is 1. The van der Waals surface area contributed by atoms with E-state index in [9.17, 15) is 14.0 Å². The number of nitrogens with one attached hydrogen (secondary N) is 1. The number of benzene rings is 3. The molecule has 0 bridgehead atoms. The third-order valence-corrected chi connectivity index (χ3v) is 4.50. The maximum absolute atomic E-state index is 13.1. The fourth-order valence-electron chi connectivity index (χ4n) is 2.78. The van der Waals surface area contributed by atoms with Crippen molar-refractivity contribution in [2.24, 2.45) is 0 Å². The monoisotopic (exact) mass is 377 g/mol. The number of ether oxygens (including phenoxy) is 1. The van der Waals surface area contributed by atoms with Gasteiger partial charge in [-0.15, -0.1) is 0 Å². The summed E-state index contributed by atoms with van der Waals surface area (Å²) in [7, 11) is 0. The number of hydrogen-bond acceptors (Lipinski definition) is 3. The molecule has 1 amide bonds. The quantitative estimate of drug-likeness (QED) is 0.638. The van der Waals surface area contributed by atoms with Gasteiger partial charge in [0.1, 0.15) is 5.82 Å². The van der Waals surface area contributed by atoms with Crippen molar-refractivity contribution in [2.75, 3.05) is 5.32 Å². The van der Waals surface area contributed by atoms with Crippen LogP contribution in [-0.2, 0) is 9.53 Å². The van der Waals surface area contributed by atoms with Gasteiger partial charge in [0, 0.05) is 11.3 Å². The number of carbonyl (C=O) groups excluding carboxylic acids is 2. The van der Waals surface area contributed by atoms with E-state index in [4.69, 9.17) is 4.74 Å². The summed E-state index contributed by atoms with van der Waals surface area (Å²) in [6.07, 6.45) is -1.14. The fraction of sp³-hybridized carbons (Fsp3) is 0.130. The smallest absolute Gasteiger partial charge is 0.339 e. The predicted octanol–water partition coefficient (Wildman–Crippen LogP) is 4.98. The highest BCUT2D eigenvalue weighted by atomic mass is 19.1. The van der Waals surface area contributed by atoms with Crippen molar-refractivity contribution >= 4 is 17.6 Å². The van der Waals surface area contributed by atoms with Crippen LogP contribution in [0.1, 0.15) is 33.2 Å². The Balaban J connectivity index is 1.87. The van der Waals surface area contributed by atoms with E-state index in [2.05, 4.69) is 5.32 Å². The number of rotatable bonds is 5.